The Bertz CT molecular complexity index is 815. The molecule has 0 aliphatic rings. The van der Waals surface area contributed by atoms with Crippen LogP contribution in [0.1, 0.15) is 23.1 Å². The Labute approximate surface area is 123 Å². The third-order valence-corrected chi connectivity index (χ3v) is 3.62. The summed E-state index contributed by atoms with van der Waals surface area (Å²) >= 11 is 0. The normalized spacial score (nSPS) is 12.2. The van der Waals surface area contributed by atoms with E-state index in [2.05, 4.69) is 11.1 Å². The van der Waals surface area contributed by atoms with E-state index in [1.54, 1.807) is 13.2 Å². The van der Waals surface area contributed by atoms with Crippen LogP contribution in [0.3, 0.4) is 0 Å². The van der Waals surface area contributed by atoms with Gasteiger partial charge in [-0.1, -0.05) is 30.3 Å². The fourth-order valence-corrected chi connectivity index (χ4v) is 2.53. The largest absolute Gasteiger partial charge is 0.369 e. The number of aryl methyl sites for hydroxylation is 1. The van der Waals surface area contributed by atoms with Crippen LogP contribution in [0.5, 0.6) is 0 Å². The van der Waals surface area contributed by atoms with Crippen LogP contribution in [0.25, 0.3) is 11.0 Å². The fraction of sp³-hybridized carbons (Fsp3) is 0.176. The lowest BCUT2D eigenvalue weighted by molar-refractivity contribution is 0.127. The molecule has 1 unspecified atom stereocenters. The Morgan fingerprint density at radius 2 is 1.95 bits per heavy atom. The summed E-state index contributed by atoms with van der Waals surface area (Å²) in [7, 11) is 3.62. The average Bonchev–Trinajstić information content (AvgIpc) is 2.86. The van der Waals surface area contributed by atoms with Gasteiger partial charge in [-0.2, -0.15) is 5.26 Å². The number of nitrogens with zero attached hydrogens (tertiary/aromatic N) is 3. The molecule has 0 spiro atoms. The van der Waals surface area contributed by atoms with Crippen molar-refractivity contribution in [3.63, 3.8) is 0 Å². The molecule has 0 radical (unpaired) electrons. The third-order valence-electron chi connectivity index (χ3n) is 3.62. The molecule has 104 valence electrons. The van der Waals surface area contributed by atoms with E-state index in [0.29, 0.717) is 5.56 Å². The van der Waals surface area contributed by atoms with Crippen molar-refractivity contribution in [3.8, 4) is 6.07 Å². The minimum absolute atomic E-state index is 0.228. The number of benzene rings is 2. The molecule has 0 amide bonds. The SMILES string of the molecule is COC(c1ccccc1)c1nc2ccc(C#N)cc2n1C. The van der Waals surface area contributed by atoms with E-state index in [9.17, 15) is 0 Å². The van der Waals surface area contributed by atoms with Crippen molar-refractivity contribution in [3.05, 3.63) is 65.5 Å². The Morgan fingerprint density at radius 1 is 1.19 bits per heavy atom. The Balaban J connectivity index is 2.16. The van der Waals surface area contributed by atoms with Crippen LogP contribution >= 0.6 is 0 Å². The van der Waals surface area contributed by atoms with Crippen LogP contribution in [0.2, 0.25) is 0 Å². The first-order valence-electron chi connectivity index (χ1n) is 6.69. The lowest BCUT2D eigenvalue weighted by Gasteiger charge is -2.15. The van der Waals surface area contributed by atoms with Gasteiger partial charge >= 0.3 is 0 Å². The van der Waals surface area contributed by atoms with Crippen LogP contribution in [0, 0.1) is 11.3 Å². The zero-order valence-electron chi connectivity index (χ0n) is 11.9. The van der Waals surface area contributed by atoms with Crippen LogP contribution < -0.4 is 0 Å². The van der Waals surface area contributed by atoms with Crippen molar-refractivity contribution in [1.29, 1.82) is 5.26 Å². The lowest BCUT2D eigenvalue weighted by atomic mass is 10.1. The summed E-state index contributed by atoms with van der Waals surface area (Å²) in [6.45, 7) is 0. The molecular weight excluding hydrogens is 262 g/mol. The second kappa shape index (κ2) is 5.39. The summed E-state index contributed by atoms with van der Waals surface area (Å²) in [5, 5.41) is 9.02. The first-order chi connectivity index (χ1) is 10.2. The van der Waals surface area contributed by atoms with E-state index < -0.39 is 0 Å². The zero-order valence-corrected chi connectivity index (χ0v) is 11.9. The van der Waals surface area contributed by atoms with Crippen molar-refractivity contribution in [2.45, 2.75) is 6.10 Å². The average molecular weight is 277 g/mol. The second-order valence-corrected chi connectivity index (χ2v) is 4.87. The highest BCUT2D eigenvalue weighted by Gasteiger charge is 2.20. The Hall–Kier alpha value is -2.64. The number of methoxy groups -OCH3 is 1. The van der Waals surface area contributed by atoms with E-state index >= 15 is 0 Å². The summed E-state index contributed by atoms with van der Waals surface area (Å²) in [5.74, 6) is 0.828. The summed E-state index contributed by atoms with van der Waals surface area (Å²) in [6, 6.07) is 17.6. The lowest BCUT2D eigenvalue weighted by Crippen LogP contribution is -2.09. The van der Waals surface area contributed by atoms with E-state index in [0.717, 1.165) is 22.4 Å². The summed E-state index contributed by atoms with van der Waals surface area (Å²) in [4.78, 5) is 4.66. The zero-order chi connectivity index (χ0) is 14.8. The standard InChI is InChI=1S/C17H15N3O/c1-20-15-10-12(11-18)8-9-14(15)19-17(20)16(21-2)13-6-4-3-5-7-13/h3-10,16H,1-2H3. The molecule has 4 heteroatoms. The molecule has 21 heavy (non-hydrogen) atoms. The molecule has 1 atom stereocenters. The number of nitriles is 1. The van der Waals surface area contributed by atoms with Gasteiger partial charge in [-0.3, -0.25) is 0 Å². The fourth-order valence-electron chi connectivity index (χ4n) is 2.53. The maximum Gasteiger partial charge on any atom is 0.143 e. The molecule has 0 saturated heterocycles. The molecule has 4 nitrogen and oxygen atoms in total. The van der Waals surface area contributed by atoms with Crippen LogP contribution in [-0.2, 0) is 11.8 Å². The summed E-state index contributed by atoms with van der Waals surface area (Å²) < 4.78 is 7.62. The van der Waals surface area contributed by atoms with Gasteiger partial charge in [-0.25, -0.2) is 4.98 Å². The minimum atomic E-state index is -0.228. The molecule has 1 heterocycles. The van der Waals surface area contributed by atoms with E-state index in [4.69, 9.17) is 10.00 Å². The maximum atomic E-state index is 9.02. The van der Waals surface area contributed by atoms with Gasteiger partial charge in [0, 0.05) is 14.2 Å². The van der Waals surface area contributed by atoms with Gasteiger partial charge in [-0.15, -0.1) is 0 Å². The molecule has 0 fully saturated rings. The van der Waals surface area contributed by atoms with Crippen molar-refractivity contribution < 1.29 is 4.74 Å². The third kappa shape index (κ3) is 2.28. The van der Waals surface area contributed by atoms with E-state index in [-0.39, 0.29) is 6.10 Å². The maximum absolute atomic E-state index is 9.02. The number of aromatic nitrogens is 2. The van der Waals surface area contributed by atoms with Crippen molar-refractivity contribution in [1.82, 2.24) is 9.55 Å². The minimum Gasteiger partial charge on any atom is -0.369 e. The predicted molar refractivity (Wildman–Crippen MR) is 80.7 cm³/mol. The Morgan fingerprint density at radius 3 is 2.62 bits per heavy atom. The second-order valence-electron chi connectivity index (χ2n) is 4.87. The van der Waals surface area contributed by atoms with Gasteiger partial charge in [0.15, 0.2) is 0 Å². The molecule has 2 aromatic carbocycles. The van der Waals surface area contributed by atoms with Gasteiger partial charge in [-0.05, 0) is 23.8 Å². The van der Waals surface area contributed by atoms with Gasteiger partial charge in [0.1, 0.15) is 11.9 Å². The first kappa shape index (κ1) is 13.3. The highest BCUT2D eigenvalue weighted by molar-refractivity contribution is 5.77. The van der Waals surface area contributed by atoms with E-state index in [1.165, 1.54) is 0 Å². The number of rotatable bonds is 3. The van der Waals surface area contributed by atoms with Gasteiger partial charge in [0.2, 0.25) is 0 Å². The molecule has 3 rings (SSSR count). The molecule has 1 aromatic heterocycles. The van der Waals surface area contributed by atoms with Crippen molar-refractivity contribution in [2.75, 3.05) is 7.11 Å². The molecule has 0 aliphatic carbocycles. The van der Waals surface area contributed by atoms with Gasteiger partial charge in [0.25, 0.3) is 0 Å². The number of fused-ring (bicyclic) bond motifs is 1. The molecule has 0 aliphatic heterocycles. The smallest absolute Gasteiger partial charge is 0.143 e. The molecular formula is C17H15N3O. The van der Waals surface area contributed by atoms with Crippen LogP contribution in [-0.4, -0.2) is 16.7 Å². The number of ether oxygens (including phenoxy) is 1. The molecule has 3 aromatic rings. The Kier molecular flexibility index (Phi) is 3.43. The van der Waals surface area contributed by atoms with E-state index in [1.807, 2.05) is 54.1 Å². The predicted octanol–water partition coefficient (Wildman–Crippen LogP) is 3.18. The molecule has 0 N–H and O–H groups in total. The number of hydrogen-bond acceptors (Lipinski definition) is 3. The van der Waals surface area contributed by atoms with Crippen molar-refractivity contribution in [2.24, 2.45) is 7.05 Å². The van der Waals surface area contributed by atoms with Gasteiger partial charge < -0.3 is 9.30 Å². The highest BCUT2D eigenvalue weighted by atomic mass is 16.5. The summed E-state index contributed by atoms with van der Waals surface area (Å²) in [5.41, 5.74) is 3.48. The topological polar surface area (TPSA) is 50.8 Å². The van der Waals surface area contributed by atoms with Crippen molar-refractivity contribution >= 4 is 11.0 Å². The molecule has 0 saturated carbocycles. The van der Waals surface area contributed by atoms with Crippen LogP contribution in [0.15, 0.2) is 48.5 Å². The quantitative estimate of drug-likeness (QED) is 0.738. The summed E-state index contributed by atoms with van der Waals surface area (Å²) in [6.07, 6.45) is -0.228. The molecule has 0 bridgehead atoms. The first-order valence-corrected chi connectivity index (χ1v) is 6.69. The highest BCUT2D eigenvalue weighted by Crippen LogP contribution is 2.27. The number of imidazole rings is 1. The number of hydrogen-bond donors (Lipinski definition) is 0. The monoisotopic (exact) mass is 277 g/mol. The van der Waals surface area contributed by atoms with Crippen LogP contribution in [0.4, 0.5) is 0 Å². The van der Waals surface area contributed by atoms with Gasteiger partial charge in [0.05, 0.1) is 22.7 Å².